The predicted octanol–water partition coefficient (Wildman–Crippen LogP) is 2.82. The van der Waals surface area contributed by atoms with Crippen molar-refractivity contribution in [2.45, 2.75) is 26.7 Å². The Hall–Kier alpha value is 0.480. The average Bonchev–Trinajstić information content (AvgIpc) is 2.44. The molecule has 1 aliphatic carbocycles. The molecule has 0 unspecified atom stereocenters. The van der Waals surface area contributed by atoms with Crippen LogP contribution in [0.15, 0.2) is 0 Å². The molecule has 48 valence electrons. The minimum atomic E-state index is 0.708. The van der Waals surface area contributed by atoms with Gasteiger partial charge in [-0.3, -0.25) is 0 Å². The van der Waals surface area contributed by atoms with Crippen LogP contribution >= 0.6 is 15.9 Å². The van der Waals surface area contributed by atoms with E-state index in [1.807, 2.05) is 0 Å². The first-order valence-corrected chi connectivity index (χ1v) is 4.39. The number of hydrogen-bond donors (Lipinski definition) is 0. The first kappa shape index (κ1) is 6.60. The highest BCUT2D eigenvalue weighted by Gasteiger charge is 2.43. The van der Waals surface area contributed by atoms with Crippen LogP contribution in [0.4, 0.5) is 0 Å². The van der Waals surface area contributed by atoms with Crippen LogP contribution in [0.1, 0.15) is 26.7 Å². The van der Waals surface area contributed by atoms with E-state index in [2.05, 4.69) is 29.8 Å². The number of alkyl halides is 1. The zero-order chi connectivity index (χ0) is 6.20. The molecule has 1 saturated carbocycles. The second-order valence-corrected chi connectivity index (χ2v) is 3.71. The third-order valence-corrected chi connectivity index (χ3v) is 3.50. The zero-order valence-electron chi connectivity index (χ0n) is 5.58. The molecule has 0 radical (unpaired) electrons. The standard InChI is InChI=1S/C7H13Br/c1-6(2)7(5-8)3-4-7/h6H,3-5H2,1-2H3. The largest absolute Gasteiger partial charge is 0.0922 e. The maximum atomic E-state index is 3.53. The maximum absolute atomic E-state index is 3.53. The lowest BCUT2D eigenvalue weighted by atomic mass is 9.95. The third kappa shape index (κ3) is 0.928. The lowest BCUT2D eigenvalue weighted by Gasteiger charge is -2.14. The summed E-state index contributed by atoms with van der Waals surface area (Å²) in [6.07, 6.45) is 2.88. The molecule has 0 aromatic carbocycles. The Morgan fingerprint density at radius 3 is 2.00 bits per heavy atom. The Balaban J connectivity index is 2.41. The Morgan fingerprint density at radius 2 is 2.00 bits per heavy atom. The van der Waals surface area contributed by atoms with Crippen LogP contribution < -0.4 is 0 Å². The molecule has 0 atom stereocenters. The van der Waals surface area contributed by atoms with E-state index in [4.69, 9.17) is 0 Å². The Labute approximate surface area is 59.8 Å². The van der Waals surface area contributed by atoms with Gasteiger partial charge in [0.15, 0.2) is 0 Å². The normalized spacial score (nSPS) is 24.0. The highest BCUT2D eigenvalue weighted by molar-refractivity contribution is 9.09. The highest BCUT2D eigenvalue weighted by atomic mass is 79.9. The highest BCUT2D eigenvalue weighted by Crippen LogP contribution is 2.52. The van der Waals surface area contributed by atoms with Gasteiger partial charge in [-0.05, 0) is 24.2 Å². The molecule has 0 N–H and O–H groups in total. The van der Waals surface area contributed by atoms with Gasteiger partial charge in [0.2, 0.25) is 0 Å². The van der Waals surface area contributed by atoms with E-state index in [9.17, 15) is 0 Å². The maximum Gasteiger partial charge on any atom is 0.00904 e. The van der Waals surface area contributed by atoms with Gasteiger partial charge in [-0.1, -0.05) is 29.8 Å². The SMILES string of the molecule is CC(C)C1(CBr)CC1. The Morgan fingerprint density at radius 1 is 1.50 bits per heavy atom. The molecule has 0 aromatic rings. The molecule has 0 aliphatic heterocycles. The topological polar surface area (TPSA) is 0 Å². The van der Waals surface area contributed by atoms with Crippen LogP contribution in [0.25, 0.3) is 0 Å². The fourth-order valence-corrected chi connectivity index (χ4v) is 2.23. The molecule has 0 bridgehead atoms. The zero-order valence-corrected chi connectivity index (χ0v) is 7.16. The molecule has 1 rings (SSSR count). The second-order valence-electron chi connectivity index (χ2n) is 3.15. The summed E-state index contributed by atoms with van der Waals surface area (Å²) in [7, 11) is 0. The predicted molar refractivity (Wildman–Crippen MR) is 40.3 cm³/mol. The van der Waals surface area contributed by atoms with Crippen molar-refractivity contribution in [3.8, 4) is 0 Å². The van der Waals surface area contributed by atoms with E-state index in [1.165, 1.54) is 18.2 Å². The number of rotatable bonds is 2. The van der Waals surface area contributed by atoms with Crippen LogP contribution in [0, 0.1) is 11.3 Å². The van der Waals surface area contributed by atoms with E-state index in [1.54, 1.807) is 0 Å². The van der Waals surface area contributed by atoms with Crippen molar-refractivity contribution in [1.29, 1.82) is 0 Å². The van der Waals surface area contributed by atoms with Crippen molar-refractivity contribution in [1.82, 2.24) is 0 Å². The molecule has 0 amide bonds. The molecular formula is C7H13Br. The number of hydrogen-bond acceptors (Lipinski definition) is 0. The fourth-order valence-electron chi connectivity index (χ4n) is 1.03. The second kappa shape index (κ2) is 2.02. The average molecular weight is 177 g/mol. The molecule has 1 heteroatoms. The lowest BCUT2D eigenvalue weighted by Crippen LogP contribution is -2.09. The van der Waals surface area contributed by atoms with Gasteiger partial charge in [-0.15, -0.1) is 0 Å². The van der Waals surface area contributed by atoms with Crippen molar-refractivity contribution in [2.24, 2.45) is 11.3 Å². The van der Waals surface area contributed by atoms with Crippen molar-refractivity contribution in [2.75, 3.05) is 5.33 Å². The summed E-state index contributed by atoms with van der Waals surface area (Å²) in [6, 6.07) is 0. The minimum absolute atomic E-state index is 0.708. The van der Waals surface area contributed by atoms with Gasteiger partial charge in [0, 0.05) is 5.33 Å². The van der Waals surface area contributed by atoms with Crippen molar-refractivity contribution in [3.05, 3.63) is 0 Å². The van der Waals surface area contributed by atoms with Gasteiger partial charge in [0.1, 0.15) is 0 Å². The monoisotopic (exact) mass is 176 g/mol. The summed E-state index contributed by atoms with van der Waals surface area (Å²) in [5.41, 5.74) is 0.708. The van der Waals surface area contributed by atoms with Crippen LogP contribution in [0.3, 0.4) is 0 Å². The molecule has 1 aliphatic rings. The summed E-state index contributed by atoms with van der Waals surface area (Å²) in [4.78, 5) is 0. The van der Waals surface area contributed by atoms with Crippen molar-refractivity contribution >= 4 is 15.9 Å². The van der Waals surface area contributed by atoms with Crippen LogP contribution in [0.5, 0.6) is 0 Å². The van der Waals surface area contributed by atoms with E-state index in [0.29, 0.717) is 5.41 Å². The van der Waals surface area contributed by atoms with E-state index in [0.717, 1.165) is 5.92 Å². The van der Waals surface area contributed by atoms with Gasteiger partial charge in [-0.25, -0.2) is 0 Å². The first-order chi connectivity index (χ1) is 3.71. The quantitative estimate of drug-likeness (QED) is 0.569. The lowest BCUT2D eigenvalue weighted by molar-refractivity contribution is 0.407. The van der Waals surface area contributed by atoms with Gasteiger partial charge in [0.05, 0.1) is 0 Å². The van der Waals surface area contributed by atoms with Gasteiger partial charge in [0.25, 0.3) is 0 Å². The molecule has 0 heterocycles. The van der Waals surface area contributed by atoms with E-state index >= 15 is 0 Å². The summed E-state index contributed by atoms with van der Waals surface area (Å²) >= 11 is 3.53. The van der Waals surface area contributed by atoms with Gasteiger partial charge >= 0.3 is 0 Å². The molecule has 0 aromatic heterocycles. The van der Waals surface area contributed by atoms with E-state index in [-0.39, 0.29) is 0 Å². The molecule has 0 spiro atoms. The minimum Gasteiger partial charge on any atom is -0.0922 e. The fraction of sp³-hybridized carbons (Fsp3) is 1.00. The molecule has 0 saturated heterocycles. The summed E-state index contributed by atoms with van der Waals surface area (Å²) < 4.78 is 0. The Bertz CT molecular complexity index is 82.4. The molecular weight excluding hydrogens is 164 g/mol. The van der Waals surface area contributed by atoms with Crippen LogP contribution in [-0.2, 0) is 0 Å². The summed E-state index contributed by atoms with van der Waals surface area (Å²) in [5.74, 6) is 0.877. The van der Waals surface area contributed by atoms with Gasteiger partial charge in [-0.2, -0.15) is 0 Å². The summed E-state index contributed by atoms with van der Waals surface area (Å²) in [6.45, 7) is 4.63. The van der Waals surface area contributed by atoms with Crippen LogP contribution in [-0.4, -0.2) is 5.33 Å². The smallest absolute Gasteiger partial charge is 0.00904 e. The first-order valence-electron chi connectivity index (χ1n) is 3.27. The Kier molecular flexibility index (Phi) is 1.66. The molecule has 8 heavy (non-hydrogen) atoms. The van der Waals surface area contributed by atoms with E-state index < -0.39 is 0 Å². The van der Waals surface area contributed by atoms with Gasteiger partial charge < -0.3 is 0 Å². The number of halogens is 1. The third-order valence-electron chi connectivity index (χ3n) is 2.38. The van der Waals surface area contributed by atoms with Crippen molar-refractivity contribution in [3.63, 3.8) is 0 Å². The van der Waals surface area contributed by atoms with Crippen LogP contribution in [0.2, 0.25) is 0 Å². The molecule has 1 fully saturated rings. The molecule has 0 nitrogen and oxygen atoms in total. The summed E-state index contributed by atoms with van der Waals surface area (Å²) in [5, 5.41) is 1.21. The van der Waals surface area contributed by atoms with Crippen molar-refractivity contribution < 1.29 is 0 Å².